The van der Waals surface area contributed by atoms with Crippen LogP contribution in [0, 0.1) is 32.1 Å². The van der Waals surface area contributed by atoms with Gasteiger partial charge in [-0.15, -0.1) is 5.10 Å². The Balaban J connectivity index is 1.73. The van der Waals surface area contributed by atoms with Crippen LogP contribution in [0.2, 0.25) is 0 Å². The van der Waals surface area contributed by atoms with Crippen molar-refractivity contribution in [1.82, 2.24) is 10.2 Å². The number of nitrogens with zero attached hydrogens (tertiary/aromatic N) is 3. The Morgan fingerprint density at radius 1 is 0.967 bits per heavy atom. The molecule has 4 aromatic rings. The van der Waals surface area contributed by atoms with Crippen molar-refractivity contribution in [1.29, 1.82) is 5.26 Å². The van der Waals surface area contributed by atoms with E-state index in [4.69, 9.17) is 13.9 Å². The molecule has 0 fully saturated rings. The molecule has 0 aliphatic heterocycles. The molecule has 0 saturated carbocycles. The Morgan fingerprint density at radius 2 is 1.73 bits per heavy atom. The normalized spacial score (nSPS) is 10.6. The zero-order valence-corrected chi connectivity index (χ0v) is 16.6. The zero-order chi connectivity index (χ0) is 21.3. The smallest absolute Gasteiger partial charge is 0.257 e. The lowest BCUT2D eigenvalue weighted by Gasteiger charge is -2.11. The quantitative estimate of drug-likeness (QED) is 0.478. The van der Waals surface area contributed by atoms with Crippen molar-refractivity contribution in [2.75, 3.05) is 0 Å². The first-order chi connectivity index (χ1) is 14.5. The molecule has 7 heteroatoms. The Morgan fingerprint density at radius 3 is 2.47 bits per heavy atom. The third-order valence-corrected chi connectivity index (χ3v) is 4.70. The molecule has 2 aromatic carbocycles. The van der Waals surface area contributed by atoms with Crippen molar-refractivity contribution >= 4 is 11.0 Å². The summed E-state index contributed by atoms with van der Waals surface area (Å²) in [6.45, 7) is 5.22. The molecule has 30 heavy (non-hydrogen) atoms. The Labute approximate surface area is 172 Å². The molecule has 0 aliphatic carbocycles. The first-order valence-electron chi connectivity index (χ1n) is 9.20. The van der Waals surface area contributed by atoms with E-state index in [9.17, 15) is 10.1 Å². The maximum Gasteiger partial charge on any atom is 0.257 e. The van der Waals surface area contributed by atoms with Crippen molar-refractivity contribution in [2.24, 2.45) is 0 Å². The van der Waals surface area contributed by atoms with E-state index in [0.717, 1.165) is 0 Å². The summed E-state index contributed by atoms with van der Waals surface area (Å²) < 4.78 is 17.3. The fourth-order valence-electron chi connectivity index (χ4n) is 2.96. The summed E-state index contributed by atoms with van der Waals surface area (Å²) >= 11 is 0. The molecule has 2 heterocycles. The summed E-state index contributed by atoms with van der Waals surface area (Å²) in [5, 5.41) is 17.8. The second kappa shape index (κ2) is 7.68. The highest BCUT2D eigenvalue weighted by Crippen LogP contribution is 2.30. The molecule has 0 radical (unpaired) electrons. The van der Waals surface area contributed by atoms with Gasteiger partial charge in [0.15, 0.2) is 0 Å². The first-order valence-corrected chi connectivity index (χ1v) is 9.20. The van der Waals surface area contributed by atoms with E-state index in [-0.39, 0.29) is 17.1 Å². The van der Waals surface area contributed by atoms with E-state index in [2.05, 4.69) is 16.3 Å². The van der Waals surface area contributed by atoms with Gasteiger partial charge in [0, 0.05) is 6.07 Å². The van der Waals surface area contributed by atoms with Gasteiger partial charge in [-0.05, 0) is 50.6 Å². The van der Waals surface area contributed by atoms with Crippen molar-refractivity contribution < 1.29 is 13.9 Å². The molecule has 148 valence electrons. The van der Waals surface area contributed by atoms with Crippen LogP contribution in [0.5, 0.6) is 23.1 Å². The number of nitriles is 1. The van der Waals surface area contributed by atoms with Gasteiger partial charge in [-0.3, -0.25) is 4.79 Å². The number of rotatable bonds is 4. The molecular formula is C23H17N3O4. The predicted octanol–water partition coefficient (Wildman–Crippen LogP) is 4.96. The molecule has 4 rings (SSSR count). The van der Waals surface area contributed by atoms with Crippen molar-refractivity contribution in [3.05, 3.63) is 81.3 Å². The van der Waals surface area contributed by atoms with Crippen LogP contribution < -0.4 is 14.9 Å². The van der Waals surface area contributed by atoms with E-state index in [1.165, 1.54) is 0 Å². The minimum Gasteiger partial charge on any atom is -0.457 e. The van der Waals surface area contributed by atoms with Crippen molar-refractivity contribution in [2.45, 2.75) is 20.8 Å². The number of hydrogen-bond acceptors (Lipinski definition) is 7. The third-order valence-electron chi connectivity index (χ3n) is 4.70. The van der Waals surface area contributed by atoms with E-state index in [1.54, 1.807) is 51.1 Å². The predicted molar refractivity (Wildman–Crippen MR) is 110 cm³/mol. The summed E-state index contributed by atoms with van der Waals surface area (Å²) in [6, 6.07) is 15.9. The monoisotopic (exact) mass is 399 g/mol. The van der Waals surface area contributed by atoms with Gasteiger partial charge in [-0.1, -0.05) is 18.2 Å². The van der Waals surface area contributed by atoms with E-state index in [1.807, 2.05) is 18.2 Å². The Kier molecular flexibility index (Phi) is 4.90. The fourth-order valence-corrected chi connectivity index (χ4v) is 2.96. The highest BCUT2D eigenvalue weighted by molar-refractivity contribution is 5.79. The molecule has 0 atom stereocenters. The average molecular weight is 399 g/mol. The lowest BCUT2D eigenvalue weighted by molar-refractivity contribution is 0.433. The topological polar surface area (TPSA) is 98.2 Å². The number of para-hydroxylation sites is 1. The zero-order valence-electron chi connectivity index (χ0n) is 16.6. The van der Waals surface area contributed by atoms with Gasteiger partial charge in [0.25, 0.3) is 5.88 Å². The van der Waals surface area contributed by atoms with Crippen LogP contribution >= 0.6 is 0 Å². The second-order valence-electron chi connectivity index (χ2n) is 6.69. The lowest BCUT2D eigenvalue weighted by Crippen LogP contribution is -2.07. The number of ether oxygens (including phenoxy) is 2. The number of aromatic nitrogens is 2. The Bertz CT molecular complexity index is 1360. The number of hydrogen-bond donors (Lipinski definition) is 0. The highest BCUT2D eigenvalue weighted by atomic mass is 16.5. The van der Waals surface area contributed by atoms with Crippen LogP contribution in [-0.2, 0) is 0 Å². The molecular weight excluding hydrogens is 382 g/mol. The summed E-state index contributed by atoms with van der Waals surface area (Å²) in [5.74, 6) is 1.50. The fraction of sp³-hybridized carbons (Fsp3) is 0.130. The van der Waals surface area contributed by atoms with Crippen LogP contribution in [0.25, 0.3) is 11.0 Å². The summed E-state index contributed by atoms with van der Waals surface area (Å²) in [6.07, 6.45) is 0. The van der Waals surface area contributed by atoms with Crippen molar-refractivity contribution in [3.8, 4) is 29.2 Å². The standard InChI is InChI=1S/C23H17N3O4/c1-13-14(2)25-26-23(19(13)12-24)30-17-9-10-18-20(11-17)28-15(3)22(21(18)27)29-16-7-5-4-6-8-16/h4-11H,1-3H3. The second-order valence-corrected chi connectivity index (χ2v) is 6.69. The van der Waals surface area contributed by atoms with Crippen LogP contribution in [0.3, 0.4) is 0 Å². The van der Waals surface area contributed by atoms with Crippen LogP contribution in [0.4, 0.5) is 0 Å². The molecule has 2 aromatic heterocycles. The van der Waals surface area contributed by atoms with Gasteiger partial charge in [-0.2, -0.15) is 10.4 Å². The van der Waals surface area contributed by atoms with Gasteiger partial charge in [0.2, 0.25) is 11.2 Å². The Hall–Kier alpha value is -4.18. The summed E-state index contributed by atoms with van der Waals surface area (Å²) in [5.41, 5.74) is 1.73. The average Bonchev–Trinajstić information content (AvgIpc) is 2.74. The van der Waals surface area contributed by atoms with Crippen LogP contribution in [0.15, 0.2) is 57.7 Å². The highest BCUT2D eigenvalue weighted by Gasteiger charge is 2.16. The SMILES string of the molecule is Cc1nnc(Oc2ccc3c(=O)c(Oc4ccccc4)c(C)oc3c2)c(C#N)c1C. The number of benzene rings is 2. The maximum absolute atomic E-state index is 12.9. The van der Waals surface area contributed by atoms with Crippen LogP contribution in [0.1, 0.15) is 22.6 Å². The maximum atomic E-state index is 12.9. The minimum atomic E-state index is -0.284. The number of fused-ring (bicyclic) bond motifs is 1. The third kappa shape index (κ3) is 3.47. The van der Waals surface area contributed by atoms with Gasteiger partial charge in [0.1, 0.15) is 34.5 Å². The molecule has 0 saturated heterocycles. The first kappa shape index (κ1) is 19.2. The molecule has 0 amide bonds. The lowest BCUT2D eigenvalue weighted by atomic mass is 10.1. The molecule has 0 bridgehead atoms. The molecule has 0 aliphatic rings. The van der Waals surface area contributed by atoms with Gasteiger partial charge in [-0.25, -0.2) is 0 Å². The summed E-state index contributed by atoms with van der Waals surface area (Å²) in [4.78, 5) is 12.9. The van der Waals surface area contributed by atoms with Gasteiger partial charge >= 0.3 is 0 Å². The van der Waals surface area contributed by atoms with Crippen LogP contribution in [-0.4, -0.2) is 10.2 Å². The van der Waals surface area contributed by atoms with Gasteiger partial charge in [0.05, 0.1) is 11.1 Å². The van der Waals surface area contributed by atoms with E-state index < -0.39 is 0 Å². The largest absolute Gasteiger partial charge is 0.457 e. The molecule has 0 unspecified atom stereocenters. The van der Waals surface area contributed by atoms with E-state index in [0.29, 0.717) is 45.0 Å². The molecule has 7 nitrogen and oxygen atoms in total. The number of aryl methyl sites for hydroxylation is 2. The minimum absolute atomic E-state index is 0.100. The van der Waals surface area contributed by atoms with E-state index >= 15 is 0 Å². The van der Waals surface area contributed by atoms with Gasteiger partial charge < -0.3 is 13.9 Å². The summed E-state index contributed by atoms with van der Waals surface area (Å²) in [7, 11) is 0. The van der Waals surface area contributed by atoms with Crippen molar-refractivity contribution in [3.63, 3.8) is 0 Å². The molecule has 0 spiro atoms. The molecule has 0 N–H and O–H groups in total.